The van der Waals surface area contributed by atoms with Crippen molar-refractivity contribution < 1.29 is 18.7 Å². The molecule has 0 fully saturated rings. The van der Waals surface area contributed by atoms with Gasteiger partial charge in [0.1, 0.15) is 12.2 Å². The molecular weight excluding hydrogens is 376 g/mol. The number of rotatable bonds is 5. The number of carbonyl (C=O) groups excluding carboxylic acids is 2. The summed E-state index contributed by atoms with van der Waals surface area (Å²) in [6, 6.07) is 18.3. The molecule has 0 atom stereocenters. The number of fused-ring (bicyclic) bond motifs is 1. The number of furan rings is 1. The maximum absolute atomic E-state index is 12.3. The highest BCUT2D eigenvalue weighted by Crippen LogP contribution is 2.29. The third kappa shape index (κ3) is 3.65. The van der Waals surface area contributed by atoms with Gasteiger partial charge in [-0.05, 0) is 24.3 Å². The fraction of sp³-hybridized carbons (Fsp3) is 0.0952. The van der Waals surface area contributed by atoms with E-state index in [-0.39, 0.29) is 18.3 Å². The average molecular weight is 392 g/mol. The Balaban J connectivity index is 1.47. The van der Waals surface area contributed by atoms with Gasteiger partial charge in [0.2, 0.25) is 11.7 Å². The van der Waals surface area contributed by atoms with Crippen LogP contribution in [0.4, 0.5) is 10.8 Å². The first kappa shape index (κ1) is 17.9. The predicted molar refractivity (Wildman–Crippen MR) is 107 cm³/mol. The van der Waals surface area contributed by atoms with Crippen LogP contribution in [-0.4, -0.2) is 16.9 Å². The van der Waals surface area contributed by atoms with Gasteiger partial charge in [-0.25, -0.2) is 9.78 Å². The minimum atomic E-state index is -0.558. The number of aromatic nitrogens is 1. The molecule has 4 rings (SSSR count). The third-order valence-corrected chi connectivity index (χ3v) is 4.91. The molecule has 140 valence electrons. The van der Waals surface area contributed by atoms with E-state index < -0.39 is 5.97 Å². The van der Waals surface area contributed by atoms with Gasteiger partial charge >= 0.3 is 5.97 Å². The molecule has 2 aromatic heterocycles. The lowest BCUT2D eigenvalue weighted by molar-refractivity contribution is -0.115. The van der Waals surface area contributed by atoms with Crippen LogP contribution in [0.25, 0.3) is 11.0 Å². The largest absolute Gasteiger partial charge is 0.453 e. The summed E-state index contributed by atoms with van der Waals surface area (Å²) >= 11 is 1.31. The van der Waals surface area contributed by atoms with Crippen LogP contribution in [0.1, 0.15) is 23.2 Å². The molecule has 0 N–H and O–H groups in total. The zero-order valence-electron chi connectivity index (χ0n) is 15.0. The van der Waals surface area contributed by atoms with E-state index in [1.165, 1.54) is 23.2 Å². The number of hydrogen-bond acceptors (Lipinski definition) is 6. The van der Waals surface area contributed by atoms with Crippen LogP contribution in [0.3, 0.4) is 0 Å². The van der Waals surface area contributed by atoms with Gasteiger partial charge in [0.25, 0.3) is 0 Å². The molecule has 2 heterocycles. The van der Waals surface area contributed by atoms with Crippen molar-refractivity contribution in [3.63, 3.8) is 0 Å². The van der Waals surface area contributed by atoms with Gasteiger partial charge in [-0.2, -0.15) is 0 Å². The van der Waals surface area contributed by atoms with Crippen molar-refractivity contribution in [3.05, 3.63) is 77.5 Å². The molecule has 0 bridgehead atoms. The molecule has 7 heteroatoms. The van der Waals surface area contributed by atoms with Crippen molar-refractivity contribution in [2.24, 2.45) is 0 Å². The minimum Gasteiger partial charge on any atom is -0.453 e. The predicted octanol–water partition coefficient (Wildman–Crippen LogP) is 4.93. The first-order valence-electron chi connectivity index (χ1n) is 8.57. The van der Waals surface area contributed by atoms with E-state index in [1.807, 2.05) is 48.5 Å². The number of thiazole rings is 1. The fourth-order valence-electron chi connectivity index (χ4n) is 2.76. The Morgan fingerprint density at radius 3 is 2.61 bits per heavy atom. The van der Waals surface area contributed by atoms with Crippen LogP contribution in [0, 0.1) is 0 Å². The van der Waals surface area contributed by atoms with Crippen molar-refractivity contribution in [2.75, 3.05) is 4.90 Å². The number of ether oxygens (including phenoxy) is 1. The Morgan fingerprint density at radius 2 is 1.86 bits per heavy atom. The minimum absolute atomic E-state index is 0.00703. The smallest absolute Gasteiger partial charge is 0.374 e. The van der Waals surface area contributed by atoms with E-state index in [2.05, 4.69) is 4.98 Å². The Bertz CT molecular complexity index is 1100. The molecule has 0 saturated carbocycles. The zero-order valence-corrected chi connectivity index (χ0v) is 15.8. The van der Waals surface area contributed by atoms with Gasteiger partial charge in [0.05, 0.1) is 11.4 Å². The first-order valence-corrected chi connectivity index (χ1v) is 9.45. The number of amides is 1. The van der Waals surface area contributed by atoms with Crippen molar-refractivity contribution in [2.45, 2.75) is 13.5 Å². The summed E-state index contributed by atoms with van der Waals surface area (Å²) in [7, 11) is 0. The van der Waals surface area contributed by atoms with Crippen molar-refractivity contribution in [3.8, 4) is 0 Å². The number of benzene rings is 2. The molecule has 28 heavy (non-hydrogen) atoms. The summed E-state index contributed by atoms with van der Waals surface area (Å²) in [4.78, 5) is 30.3. The summed E-state index contributed by atoms with van der Waals surface area (Å²) in [5, 5.41) is 3.12. The van der Waals surface area contributed by atoms with Gasteiger partial charge in [-0.15, -0.1) is 11.3 Å². The third-order valence-electron chi connectivity index (χ3n) is 4.04. The molecule has 0 aliphatic carbocycles. The Hall–Kier alpha value is -3.45. The average Bonchev–Trinajstić information content (AvgIpc) is 3.34. The zero-order chi connectivity index (χ0) is 19.5. The van der Waals surface area contributed by atoms with Crippen molar-refractivity contribution in [1.29, 1.82) is 0 Å². The number of carbonyl (C=O) groups is 2. The highest BCUT2D eigenvalue weighted by Gasteiger charge is 2.19. The summed E-state index contributed by atoms with van der Waals surface area (Å²) < 4.78 is 10.8. The summed E-state index contributed by atoms with van der Waals surface area (Å²) in [5.41, 5.74) is 1.92. The number of nitrogens with zero attached hydrogens (tertiary/aromatic N) is 2. The van der Waals surface area contributed by atoms with Crippen LogP contribution in [0.15, 0.2) is 70.5 Å². The number of esters is 1. The molecule has 2 aromatic carbocycles. The standard InChI is InChI=1S/C21H16N2O4S/c1-14(24)23(17-8-3-2-4-9-17)21-22-16(13-28-21)12-26-20(25)19-11-15-7-5-6-10-18(15)27-19/h2-11,13H,12H2,1H3. The molecule has 0 saturated heterocycles. The van der Waals surface area contributed by atoms with Crippen LogP contribution in [0.2, 0.25) is 0 Å². The lowest BCUT2D eigenvalue weighted by Crippen LogP contribution is -2.22. The normalized spacial score (nSPS) is 10.8. The maximum Gasteiger partial charge on any atom is 0.374 e. The van der Waals surface area contributed by atoms with E-state index in [9.17, 15) is 9.59 Å². The van der Waals surface area contributed by atoms with E-state index in [0.717, 1.165) is 11.1 Å². The molecule has 0 aliphatic rings. The monoisotopic (exact) mass is 392 g/mol. The molecule has 4 aromatic rings. The highest BCUT2D eigenvalue weighted by molar-refractivity contribution is 7.14. The van der Waals surface area contributed by atoms with Gasteiger partial charge in [-0.3, -0.25) is 9.69 Å². The topological polar surface area (TPSA) is 72.6 Å². The molecule has 0 aliphatic heterocycles. The lowest BCUT2D eigenvalue weighted by Gasteiger charge is -2.17. The quantitative estimate of drug-likeness (QED) is 0.450. The molecule has 0 radical (unpaired) electrons. The van der Waals surface area contributed by atoms with E-state index in [0.29, 0.717) is 16.4 Å². The molecule has 1 amide bonds. The highest BCUT2D eigenvalue weighted by atomic mass is 32.1. The fourth-order valence-corrected chi connectivity index (χ4v) is 3.63. The molecule has 6 nitrogen and oxygen atoms in total. The number of para-hydroxylation sites is 2. The second-order valence-electron chi connectivity index (χ2n) is 6.04. The van der Waals surface area contributed by atoms with Crippen LogP contribution in [0.5, 0.6) is 0 Å². The number of hydrogen-bond donors (Lipinski definition) is 0. The van der Waals surface area contributed by atoms with Crippen molar-refractivity contribution in [1.82, 2.24) is 4.98 Å². The van der Waals surface area contributed by atoms with Crippen LogP contribution < -0.4 is 4.90 Å². The molecular formula is C21H16N2O4S. The van der Waals surface area contributed by atoms with Gasteiger partial charge in [0, 0.05) is 17.7 Å². The first-order chi connectivity index (χ1) is 13.6. The number of anilines is 2. The van der Waals surface area contributed by atoms with Gasteiger partial charge < -0.3 is 9.15 Å². The lowest BCUT2D eigenvalue weighted by atomic mass is 10.2. The summed E-state index contributed by atoms with van der Waals surface area (Å²) in [5.74, 6) is -0.560. The summed E-state index contributed by atoms with van der Waals surface area (Å²) in [6.45, 7) is 1.47. The van der Waals surface area contributed by atoms with E-state index in [1.54, 1.807) is 17.5 Å². The van der Waals surface area contributed by atoms with Crippen LogP contribution >= 0.6 is 11.3 Å². The Morgan fingerprint density at radius 1 is 1.11 bits per heavy atom. The molecule has 0 spiro atoms. The van der Waals surface area contributed by atoms with Gasteiger partial charge in [0.15, 0.2) is 5.13 Å². The second kappa shape index (κ2) is 7.66. The summed E-state index contributed by atoms with van der Waals surface area (Å²) in [6.07, 6.45) is 0. The molecule has 0 unspecified atom stereocenters. The van der Waals surface area contributed by atoms with Crippen LogP contribution in [-0.2, 0) is 16.1 Å². The van der Waals surface area contributed by atoms with Crippen molar-refractivity contribution >= 4 is 45.0 Å². The van der Waals surface area contributed by atoms with E-state index in [4.69, 9.17) is 9.15 Å². The van der Waals surface area contributed by atoms with Gasteiger partial charge in [-0.1, -0.05) is 36.4 Å². The Kier molecular flexibility index (Phi) is 4.90. The second-order valence-corrected chi connectivity index (χ2v) is 6.87. The SMILES string of the molecule is CC(=O)N(c1ccccc1)c1nc(COC(=O)c2cc3ccccc3o2)cs1. The maximum atomic E-state index is 12.3. The van der Waals surface area contributed by atoms with E-state index >= 15 is 0 Å². The Labute approximate surface area is 165 Å².